The Labute approximate surface area is 239 Å². The molecule has 2 atom stereocenters. The highest BCUT2D eigenvalue weighted by Crippen LogP contribution is 2.50. The van der Waals surface area contributed by atoms with E-state index in [2.05, 4.69) is 52.7 Å². The summed E-state index contributed by atoms with van der Waals surface area (Å²) < 4.78 is 39.0. The van der Waals surface area contributed by atoms with Gasteiger partial charge in [-0.05, 0) is 96.5 Å². The Morgan fingerprint density at radius 2 is 1.61 bits per heavy atom. The van der Waals surface area contributed by atoms with E-state index >= 15 is 0 Å². The predicted octanol–water partition coefficient (Wildman–Crippen LogP) is 8.10. The molecule has 3 aliphatic rings. The molecule has 1 amide bonds. The van der Waals surface area contributed by atoms with E-state index in [1.54, 1.807) is 24.3 Å². The first-order valence-electron chi connectivity index (χ1n) is 14.6. The number of carbonyl (C=O) groups excluding carboxylic acids is 1. The fraction of sp³-hybridized carbons (Fsp3) is 0.343. The number of allylic oxidation sites excluding steroid dienone is 4. The second-order valence-electron chi connectivity index (χ2n) is 11.4. The number of likely N-dealkylation sites (tertiary alicyclic amines) is 1. The lowest BCUT2D eigenvalue weighted by Gasteiger charge is -2.33. The Morgan fingerprint density at radius 3 is 2.37 bits per heavy atom. The maximum absolute atomic E-state index is 13.2. The van der Waals surface area contributed by atoms with Gasteiger partial charge in [-0.2, -0.15) is 13.2 Å². The van der Waals surface area contributed by atoms with Crippen molar-refractivity contribution in [1.82, 2.24) is 10.2 Å². The van der Waals surface area contributed by atoms with Gasteiger partial charge in [-0.15, -0.1) is 0 Å². The van der Waals surface area contributed by atoms with Gasteiger partial charge in [-0.3, -0.25) is 4.79 Å². The number of amides is 1. The Morgan fingerprint density at radius 1 is 0.902 bits per heavy atom. The minimum Gasteiger partial charge on any atom is -0.349 e. The van der Waals surface area contributed by atoms with Crippen LogP contribution in [0.25, 0.3) is 16.7 Å². The molecule has 2 aliphatic carbocycles. The number of fused-ring (bicyclic) bond motifs is 3. The van der Waals surface area contributed by atoms with Gasteiger partial charge in [0.25, 0.3) is 5.91 Å². The summed E-state index contributed by atoms with van der Waals surface area (Å²) >= 11 is 0. The van der Waals surface area contributed by atoms with Crippen LogP contribution in [0.1, 0.15) is 65.1 Å². The molecule has 6 heteroatoms. The molecular weight excluding hydrogens is 521 g/mol. The number of benzene rings is 3. The van der Waals surface area contributed by atoms with E-state index in [0.717, 1.165) is 57.5 Å². The van der Waals surface area contributed by atoms with Crippen LogP contribution >= 0.6 is 0 Å². The van der Waals surface area contributed by atoms with Crippen molar-refractivity contribution < 1.29 is 18.0 Å². The average Bonchev–Trinajstić information content (AvgIpc) is 3.31. The van der Waals surface area contributed by atoms with Crippen molar-refractivity contribution in [2.45, 2.75) is 50.2 Å². The minimum atomic E-state index is -4.39. The molecule has 3 aromatic carbocycles. The number of alkyl halides is 3. The summed E-state index contributed by atoms with van der Waals surface area (Å²) in [6.07, 6.45) is 7.65. The summed E-state index contributed by atoms with van der Waals surface area (Å²) in [6.45, 7) is 2.96. The van der Waals surface area contributed by atoms with Gasteiger partial charge in [-0.25, -0.2) is 0 Å². The highest BCUT2D eigenvalue weighted by atomic mass is 19.4. The van der Waals surface area contributed by atoms with Gasteiger partial charge in [0.05, 0.1) is 5.56 Å². The fourth-order valence-corrected chi connectivity index (χ4v) is 6.85. The SMILES string of the molecule is O=C(NC1CCN(CCCC2c3ccccc3C3=CC=CCC32)CC1)c1ccccc1-c1ccc(C(F)(F)F)cc1. The van der Waals surface area contributed by atoms with E-state index in [-0.39, 0.29) is 11.9 Å². The van der Waals surface area contributed by atoms with Crippen LogP contribution in [-0.4, -0.2) is 36.5 Å². The van der Waals surface area contributed by atoms with E-state index < -0.39 is 11.7 Å². The normalized spacial score (nSPS) is 20.8. The quantitative estimate of drug-likeness (QED) is 0.319. The molecular formula is C35H35F3N2O. The van der Waals surface area contributed by atoms with E-state index in [4.69, 9.17) is 0 Å². The molecule has 1 aliphatic heterocycles. The smallest absolute Gasteiger partial charge is 0.349 e. The number of rotatable bonds is 7. The molecule has 41 heavy (non-hydrogen) atoms. The number of piperidine rings is 1. The van der Waals surface area contributed by atoms with Crippen molar-refractivity contribution in [3.05, 3.63) is 113 Å². The topological polar surface area (TPSA) is 32.3 Å². The molecule has 1 heterocycles. The molecule has 0 spiro atoms. The van der Waals surface area contributed by atoms with Gasteiger partial charge >= 0.3 is 6.18 Å². The first kappa shape index (κ1) is 27.5. The van der Waals surface area contributed by atoms with E-state index in [1.807, 2.05) is 0 Å². The molecule has 1 N–H and O–H groups in total. The molecule has 0 aromatic heterocycles. The molecule has 3 aromatic rings. The minimum absolute atomic E-state index is 0.0860. The summed E-state index contributed by atoms with van der Waals surface area (Å²) in [5, 5.41) is 3.19. The highest BCUT2D eigenvalue weighted by Gasteiger charge is 2.36. The van der Waals surface area contributed by atoms with Crippen LogP contribution in [0, 0.1) is 5.92 Å². The van der Waals surface area contributed by atoms with Gasteiger partial charge in [0.15, 0.2) is 0 Å². The van der Waals surface area contributed by atoms with Crippen molar-refractivity contribution in [2.24, 2.45) is 5.92 Å². The molecule has 2 unspecified atom stereocenters. The summed E-state index contributed by atoms with van der Waals surface area (Å²) in [7, 11) is 0. The lowest BCUT2D eigenvalue weighted by atomic mass is 9.83. The van der Waals surface area contributed by atoms with Crippen LogP contribution in [0.2, 0.25) is 0 Å². The first-order valence-corrected chi connectivity index (χ1v) is 14.6. The zero-order valence-corrected chi connectivity index (χ0v) is 23.0. The lowest BCUT2D eigenvalue weighted by Crippen LogP contribution is -2.45. The highest BCUT2D eigenvalue weighted by molar-refractivity contribution is 6.01. The van der Waals surface area contributed by atoms with Crippen LogP contribution in [0.5, 0.6) is 0 Å². The number of hydrogen-bond donors (Lipinski definition) is 1. The second-order valence-corrected chi connectivity index (χ2v) is 11.4. The van der Waals surface area contributed by atoms with E-state index in [0.29, 0.717) is 28.5 Å². The zero-order valence-electron chi connectivity index (χ0n) is 23.0. The van der Waals surface area contributed by atoms with E-state index in [1.165, 1.54) is 35.3 Å². The van der Waals surface area contributed by atoms with Crippen LogP contribution in [0.4, 0.5) is 13.2 Å². The second kappa shape index (κ2) is 11.7. The maximum Gasteiger partial charge on any atom is 0.416 e. The van der Waals surface area contributed by atoms with Crippen molar-refractivity contribution in [3.63, 3.8) is 0 Å². The van der Waals surface area contributed by atoms with Gasteiger partial charge in [-0.1, -0.05) is 72.8 Å². The zero-order chi connectivity index (χ0) is 28.4. The Hall–Kier alpha value is -3.64. The Balaban J connectivity index is 1.01. The third-order valence-electron chi connectivity index (χ3n) is 8.97. The lowest BCUT2D eigenvalue weighted by molar-refractivity contribution is -0.137. The first-order chi connectivity index (χ1) is 19.9. The third kappa shape index (κ3) is 5.89. The van der Waals surface area contributed by atoms with Crippen molar-refractivity contribution in [3.8, 4) is 11.1 Å². The van der Waals surface area contributed by atoms with Gasteiger partial charge < -0.3 is 10.2 Å². The monoisotopic (exact) mass is 556 g/mol. The predicted molar refractivity (Wildman–Crippen MR) is 157 cm³/mol. The number of carbonyl (C=O) groups is 1. The number of hydrogen-bond acceptors (Lipinski definition) is 2. The molecule has 3 nitrogen and oxygen atoms in total. The Bertz CT molecular complexity index is 1450. The van der Waals surface area contributed by atoms with Gasteiger partial charge in [0, 0.05) is 24.7 Å². The van der Waals surface area contributed by atoms with Crippen molar-refractivity contribution in [2.75, 3.05) is 19.6 Å². The number of halogens is 3. The van der Waals surface area contributed by atoms with Gasteiger partial charge in [0.1, 0.15) is 0 Å². The van der Waals surface area contributed by atoms with Crippen LogP contribution in [0.3, 0.4) is 0 Å². The van der Waals surface area contributed by atoms with Crippen LogP contribution < -0.4 is 5.32 Å². The third-order valence-corrected chi connectivity index (χ3v) is 8.97. The standard InChI is InChI=1S/C35H35F3N2O/c36-35(37,38)25-17-15-24(16-18-25)27-8-1-6-13-33(27)34(41)39-26-19-22-40(23-20-26)21-7-14-32-30-11-4-2-9-28(30)29-10-3-5-12-31(29)32/h1-6,8-11,13,15-18,26,31-32H,7,12,14,19-23H2,(H,39,41). The van der Waals surface area contributed by atoms with Gasteiger partial charge in [0.2, 0.25) is 0 Å². The molecule has 0 saturated carbocycles. The largest absolute Gasteiger partial charge is 0.416 e. The maximum atomic E-state index is 13.2. The summed E-state index contributed by atoms with van der Waals surface area (Å²) in [5.74, 6) is 1.01. The summed E-state index contributed by atoms with van der Waals surface area (Å²) in [5.41, 5.74) is 5.46. The molecule has 1 fully saturated rings. The Kier molecular flexibility index (Phi) is 7.85. The summed E-state index contributed by atoms with van der Waals surface area (Å²) in [6, 6.07) is 21.1. The fourth-order valence-electron chi connectivity index (χ4n) is 6.85. The van der Waals surface area contributed by atoms with E-state index in [9.17, 15) is 18.0 Å². The number of nitrogens with one attached hydrogen (secondary N) is 1. The van der Waals surface area contributed by atoms with Crippen molar-refractivity contribution >= 4 is 11.5 Å². The summed E-state index contributed by atoms with van der Waals surface area (Å²) in [4.78, 5) is 15.7. The number of nitrogens with zero attached hydrogens (tertiary/aromatic N) is 1. The molecule has 212 valence electrons. The molecule has 6 rings (SSSR count). The average molecular weight is 557 g/mol. The van der Waals surface area contributed by atoms with Crippen LogP contribution in [-0.2, 0) is 6.18 Å². The molecule has 1 saturated heterocycles. The molecule has 0 bridgehead atoms. The molecule has 0 radical (unpaired) electrons. The van der Waals surface area contributed by atoms with Crippen LogP contribution in [0.15, 0.2) is 91.0 Å². The van der Waals surface area contributed by atoms with Crippen molar-refractivity contribution in [1.29, 1.82) is 0 Å².